The standard InChI is InChI=1S/C33H40N2O9.CH3NO2/c1-38-19-7-8-20-21-9-10-35-16-18-13-27(44-32(36)17-11-25(39-2)30(41-4)26(12-17)40-3)31(42-5)28(33(37)43-6)22(18)15-24(35)29(21)34-23(20)14-19;3-1-2-4/h7-8,11-12,14,18,22,24,27-28,31,34H,9-10,13,15-16H2,1-6H3;1,4H,(H,2,3)/t18-,22+,24-,27-,28+,31+;/m1./s1. The third-order valence-electron chi connectivity index (χ3n) is 9.81. The van der Waals surface area contributed by atoms with Crippen LogP contribution in [0.4, 0.5) is 0 Å². The fourth-order valence-corrected chi connectivity index (χ4v) is 7.76. The molecule has 0 unspecified atom stereocenters. The minimum Gasteiger partial charge on any atom is -0.497 e. The number of amides is 1. The summed E-state index contributed by atoms with van der Waals surface area (Å²) < 4.78 is 39.1. The lowest BCUT2D eigenvalue weighted by Gasteiger charge is -2.52. The summed E-state index contributed by atoms with van der Waals surface area (Å²) in [4.78, 5) is 42.0. The van der Waals surface area contributed by atoms with Crippen LogP contribution in [0.15, 0.2) is 30.3 Å². The zero-order valence-electron chi connectivity index (χ0n) is 27.9. The second kappa shape index (κ2) is 15.1. The van der Waals surface area contributed by atoms with Crippen LogP contribution < -0.4 is 24.4 Å². The Labute approximate surface area is 278 Å². The van der Waals surface area contributed by atoms with Gasteiger partial charge in [0.05, 0.1) is 53.1 Å². The average Bonchev–Trinajstić information content (AvgIpc) is 3.50. The highest BCUT2D eigenvalue weighted by Crippen LogP contribution is 2.51. The number of nitrogens with zero attached hydrogens (tertiary/aromatic N) is 1. The summed E-state index contributed by atoms with van der Waals surface area (Å²) in [5.41, 5.74) is 5.08. The van der Waals surface area contributed by atoms with Gasteiger partial charge in [0.25, 0.3) is 0 Å². The van der Waals surface area contributed by atoms with Crippen molar-refractivity contribution in [3.63, 3.8) is 0 Å². The molecule has 6 atom stereocenters. The van der Waals surface area contributed by atoms with Gasteiger partial charge in [0.15, 0.2) is 11.5 Å². The van der Waals surface area contributed by atoms with E-state index in [1.165, 1.54) is 50.6 Å². The molecule has 3 N–H and O–H groups in total. The van der Waals surface area contributed by atoms with Gasteiger partial charge in [-0.1, -0.05) is 0 Å². The zero-order valence-corrected chi connectivity index (χ0v) is 27.9. The van der Waals surface area contributed by atoms with Gasteiger partial charge in [-0.3, -0.25) is 19.7 Å². The maximum Gasteiger partial charge on any atom is 0.338 e. The Morgan fingerprint density at radius 3 is 2.27 bits per heavy atom. The van der Waals surface area contributed by atoms with Gasteiger partial charge in [0.2, 0.25) is 12.2 Å². The molecule has 1 aromatic heterocycles. The number of hydrogen-bond acceptors (Lipinski definition) is 12. The Hall–Kier alpha value is -4.53. The minimum absolute atomic E-state index is 0.0170. The molecule has 2 aromatic carbocycles. The number of nitrogens with one attached hydrogen (secondary N) is 2. The summed E-state index contributed by atoms with van der Waals surface area (Å²) in [5, 5.41) is 8.47. The normalized spacial score (nSPS) is 24.4. The average molecular weight is 670 g/mol. The van der Waals surface area contributed by atoms with Crippen molar-refractivity contribution in [2.24, 2.45) is 17.8 Å². The number of carbonyl (C=O) groups excluding carboxylic acids is 3. The molecule has 0 radical (unpaired) electrons. The quantitative estimate of drug-likeness (QED) is 0.132. The molecule has 2 fully saturated rings. The first kappa shape index (κ1) is 34.8. The molecule has 1 aliphatic carbocycles. The van der Waals surface area contributed by atoms with E-state index < -0.39 is 24.1 Å². The highest BCUT2D eigenvalue weighted by molar-refractivity contribution is 5.91. The van der Waals surface area contributed by atoms with Crippen LogP contribution in [0, 0.1) is 17.8 Å². The first-order valence-corrected chi connectivity index (χ1v) is 15.6. The van der Waals surface area contributed by atoms with E-state index in [0.29, 0.717) is 23.7 Å². The van der Waals surface area contributed by atoms with Crippen molar-refractivity contribution < 1.29 is 52.7 Å². The second-order valence-corrected chi connectivity index (χ2v) is 11.9. The predicted octanol–water partition coefficient (Wildman–Crippen LogP) is 3.29. The number of rotatable bonds is 9. The van der Waals surface area contributed by atoms with Crippen LogP contribution in [-0.4, -0.2) is 101 Å². The largest absolute Gasteiger partial charge is 0.497 e. The predicted molar refractivity (Wildman–Crippen MR) is 172 cm³/mol. The number of ether oxygens (including phenoxy) is 7. The van der Waals surface area contributed by atoms with Crippen LogP contribution in [0.5, 0.6) is 23.0 Å². The van der Waals surface area contributed by atoms with Crippen LogP contribution in [0.3, 0.4) is 0 Å². The maximum absolute atomic E-state index is 13.5. The third kappa shape index (κ3) is 6.47. The molecule has 14 nitrogen and oxygen atoms in total. The molecule has 6 rings (SSSR count). The molecule has 0 spiro atoms. The van der Waals surface area contributed by atoms with E-state index in [0.717, 1.165) is 37.2 Å². The molecule has 3 heterocycles. The van der Waals surface area contributed by atoms with Crippen molar-refractivity contribution in [2.75, 3.05) is 55.7 Å². The van der Waals surface area contributed by atoms with Crippen molar-refractivity contribution in [1.82, 2.24) is 15.4 Å². The van der Waals surface area contributed by atoms with Crippen LogP contribution in [-0.2, 0) is 30.2 Å². The van der Waals surface area contributed by atoms with Crippen LogP contribution in [0.25, 0.3) is 10.9 Å². The number of hydroxylamine groups is 1. The first-order valence-electron chi connectivity index (χ1n) is 15.6. The van der Waals surface area contributed by atoms with E-state index in [4.69, 9.17) is 43.2 Å². The van der Waals surface area contributed by atoms with Crippen molar-refractivity contribution >= 4 is 29.3 Å². The van der Waals surface area contributed by atoms with Gasteiger partial charge in [0.1, 0.15) is 18.0 Å². The third-order valence-corrected chi connectivity index (χ3v) is 9.81. The van der Waals surface area contributed by atoms with Crippen LogP contribution in [0.1, 0.15) is 40.5 Å². The summed E-state index contributed by atoms with van der Waals surface area (Å²) in [7, 11) is 9.10. The van der Waals surface area contributed by atoms with Crippen LogP contribution in [0.2, 0.25) is 0 Å². The van der Waals surface area contributed by atoms with E-state index >= 15 is 0 Å². The maximum atomic E-state index is 13.5. The molecule has 3 aliphatic rings. The summed E-state index contributed by atoms with van der Waals surface area (Å²) in [6.45, 7) is 1.68. The van der Waals surface area contributed by atoms with E-state index in [1.54, 1.807) is 26.4 Å². The minimum atomic E-state index is -0.670. The topological polar surface area (TPSA) is 167 Å². The molecule has 1 saturated heterocycles. The van der Waals surface area contributed by atoms with E-state index in [2.05, 4.69) is 16.0 Å². The van der Waals surface area contributed by atoms with Gasteiger partial charge in [0, 0.05) is 42.9 Å². The Balaban J connectivity index is 0.00000107. The van der Waals surface area contributed by atoms with E-state index in [1.807, 2.05) is 12.1 Å². The lowest BCUT2D eigenvalue weighted by atomic mass is 9.63. The molecule has 260 valence electrons. The number of piperidine rings is 1. The van der Waals surface area contributed by atoms with Gasteiger partial charge in [-0.05, 0) is 60.9 Å². The molecule has 1 amide bonds. The smallest absolute Gasteiger partial charge is 0.338 e. The van der Waals surface area contributed by atoms with Crippen molar-refractivity contribution in [3.8, 4) is 23.0 Å². The molecule has 48 heavy (non-hydrogen) atoms. The van der Waals surface area contributed by atoms with E-state index in [9.17, 15) is 9.59 Å². The monoisotopic (exact) mass is 669 g/mol. The summed E-state index contributed by atoms with van der Waals surface area (Å²) >= 11 is 0. The number of carbonyl (C=O) groups is 3. The molecule has 0 bridgehead atoms. The highest BCUT2D eigenvalue weighted by atomic mass is 16.6. The van der Waals surface area contributed by atoms with Gasteiger partial charge >= 0.3 is 11.9 Å². The highest BCUT2D eigenvalue weighted by Gasteiger charge is 2.54. The SMILES string of the molecule is COC(=O)[C@H]1[C@H]2C[C@@H]3c4[nH]c5cc(OC)ccc5c4CCN3C[C@H]2C[C@@H](OC(=O)c2cc(OC)c(OC)c(OC)c2)[C@@H]1OC.O=CNO. The number of aromatic amines is 1. The number of fused-ring (bicyclic) bond motifs is 6. The Morgan fingerprint density at radius 1 is 0.979 bits per heavy atom. The summed E-state index contributed by atoms with van der Waals surface area (Å²) in [6, 6.07) is 9.40. The second-order valence-electron chi connectivity index (χ2n) is 11.9. The van der Waals surface area contributed by atoms with Crippen molar-refractivity contribution in [1.29, 1.82) is 0 Å². The fraction of sp³-hybridized carbons (Fsp3) is 0.500. The molecular formula is C34H43N3O11. The molecule has 2 aliphatic heterocycles. The Kier molecular flexibility index (Phi) is 11.0. The van der Waals surface area contributed by atoms with Crippen LogP contribution >= 0.6 is 0 Å². The number of aromatic nitrogens is 1. The summed E-state index contributed by atoms with van der Waals surface area (Å²) in [6.07, 6.45) is 1.10. The zero-order chi connectivity index (χ0) is 34.5. The molecule has 14 heteroatoms. The Morgan fingerprint density at radius 2 is 1.69 bits per heavy atom. The van der Waals surface area contributed by atoms with Gasteiger partial charge in [-0.25, -0.2) is 10.3 Å². The number of methoxy groups -OCH3 is 6. The van der Waals surface area contributed by atoms with Gasteiger partial charge < -0.3 is 38.1 Å². The number of esters is 2. The Bertz CT molecular complexity index is 1600. The molecule has 1 saturated carbocycles. The number of H-pyrrole nitrogens is 1. The fourth-order valence-electron chi connectivity index (χ4n) is 7.76. The van der Waals surface area contributed by atoms with Gasteiger partial charge in [-0.15, -0.1) is 0 Å². The number of benzene rings is 2. The van der Waals surface area contributed by atoms with E-state index in [-0.39, 0.29) is 35.8 Å². The van der Waals surface area contributed by atoms with Crippen molar-refractivity contribution in [3.05, 3.63) is 47.2 Å². The molecular weight excluding hydrogens is 626 g/mol. The molecule has 3 aromatic rings. The number of hydrogen-bond donors (Lipinski definition) is 3. The van der Waals surface area contributed by atoms with Crippen molar-refractivity contribution in [2.45, 2.75) is 37.5 Å². The lowest BCUT2D eigenvalue weighted by molar-refractivity contribution is -0.176. The van der Waals surface area contributed by atoms with Gasteiger partial charge in [-0.2, -0.15) is 0 Å². The first-order chi connectivity index (χ1) is 23.3. The lowest BCUT2D eigenvalue weighted by Crippen LogP contribution is -2.58. The summed E-state index contributed by atoms with van der Waals surface area (Å²) in [5.74, 6) is 0.441.